The van der Waals surface area contributed by atoms with Crippen LogP contribution in [0.3, 0.4) is 0 Å². The molecule has 5 nitrogen and oxygen atoms in total. The van der Waals surface area contributed by atoms with E-state index in [1.165, 1.54) is 23.9 Å². The molecular weight excluding hydrogens is 365 g/mol. The van der Waals surface area contributed by atoms with Crippen LogP contribution >= 0.6 is 11.8 Å². The number of H-pyrrole nitrogens is 1. The number of allylic oxidation sites excluding steroid dienone is 2. The summed E-state index contributed by atoms with van der Waals surface area (Å²) in [6.07, 6.45) is 3.61. The quantitative estimate of drug-likeness (QED) is 0.478. The number of carbonyl (C=O) groups is 1. The summed E-state index contributed by atoms with van der Waals surface area (Å²) in [6, 6.07) is 6.07. The van der Waals surface area contributed by atoms with Crippen molar-refractivity contribution in [1.82, 2.24) is 9.97 Å². The fraction of sp³-hybridized carbons (Fsp3) is 0.250. The largest absolute Gasteiger partial charge is 0.343 e. The molecule has 1 aliphatic carbocycles. The topological polar surface area (TPSA) is 74.8 Å². The normalized spacial score (nSPS) is 18.6. The van der Waals surface area contributed by atoms with Crippen molar-refractivity contribution >= 4 is 23.4 Å². The number of nitrogens with zero attached hydrogens (tertiary/aromatic N) is 1. The van der Waals surface area contributed by atoms with Gasteiger partial charge >= 0.3 is 0 Å². The van der Waals surface area contributed by atoms with E-state index >= 15 is 0 Å². The minimum atomic E-state index is -0.616. The third-order valence-corrected chi connectivity index (χ3v) is 5.63. The number of benzene rings is 1. The minimum Gasteiger partial charge on any atom is -0.343 e. The third kappa shape index (κ3) is 3.23. The molecule has 27 heavy (non-hydrogen) atoms. The summed E-state index contributed by atoms with van der Waals surface area (Å²) in [5.74, 6) is 0.0257. The predicted molar refractivity (Wildman–Crippen MR) is 104 cm³/mol. The lowest BCUT2D eigenvalue weighted by atomic mass is 9.76. The molecule has 0 radical (unpaired) electrons. The molecule has 1 atom stereocenters. The first-order valence-electron chi connectivity index (χ1n) is 8.75. The lowest BCUT2D eigenvalue weighted by Crippen LogP contribution is -2.32. The van der Waals surface area contributed by atoms with E-state index in [1.807, 2.05) is 0 Å². The molecule has 0 saturated heterocycles. The van der Waals surface area contributed by atoms with Crippen molar-refractivity contribution in [1.29, 1.82) is 0 Å². The lowest BCUT2D eigenvalue weighted by Gasteiger charge is -2.32. The van der Waals surface area contributed by atoms with Crippen LogP contribution in [-0.4, -0.2) is 21.5 Å². The Kier molecular flexibility index (Phi) is 4.70. The van der Waals surface area contributed by atoms with E-state index in [2.05, 4.69) is 21.9 Å². The van der Waals surface area contributed by atoms with E-state index in [9.17, 15) is 14.0 Å². The molecule has 0 fully saturated rings. The zero-order valence-corrected chi connectivity index (χ0v) is 15.4. The molecule has 4 rings (SSSR count). The maximum Gasteiger partial charge on any atom is 0.257 e. The second kappa shape index (κ2) is 7.15. The number of rotatable bonds is 4. The van der Waals surface area contributed by atoms with Gasteiger partial charge in [0.2, 0.25) is 0 Å². The van der Waals surface area contributed by atoms with Gasteiger partial charge in [-0.05, 0) is 30.5 Å². The van der Waals surface area contributed by atoms with Crippen molar-refractivity contribution in [2.45, 2.75) is 30.3 Å². The van der Waals surface area contributed by atoms with Crippen molar-refractivity contribution < 1.29 is 9.18 Å². The number of anilines is 1. The van der Waals surface area contributed by atoms with Gasteiger partial charge in [0.05, 0.1) is 5.56 Å². The Bertz CT molecular complexity index is 1030. The number of aromatic amines is 1. The molecule has 1 aliphatic heterocycles. The van der Waals surface area contributed by atoms with Gasteiger partial charge in [-0.1, -0.05) is 30.0 Å². The Morgan fingerprint density at radius 2 is 2.19 bits per heavy atom. The van der Waals surface area contributed by atoms with Crippen molar-refractivity contribution in [2.75, 3.05) is 11.1 Å². The summed E-state index contributed by atoms with van der Waals surface area (Å²) in [5, 5.41) is 3.68. The van der Waals surface area contributed by atoms with E-state index in [4.69, 9.17) is 0 Å². The SMILES string of the molecule is C=CCSc1nc2c(c(=O)[nH]1)C(c1cccc(F)c1)C1=C(CCCC1=O)N2. The highest BCUT2D eigenvalue weighted by Gasteiger charge is 2.37. The molecule has 0 bridgehead atoms. The Balaban J connectivity index is 1.92. The fourth-order valence-electron chi connectivity index (χ4n) is 3.67. The van der Waals surface area contributed by atoms with Gasteiger partial charge in [0.25, 0.3) is 5.56 Å². The molecule has 138 valence electrons. The van der Waals surface area contributed by atoms with Crippen LogP contribution in [0.1, 0.15) is 36.3 Å². The van der Waals surface area contributed by atoms with Gasteiger partial charge in [0.1, 0.15) is 11.6 Å². The van der Waals surface area contributed by atoms with Crippen molar-refractivity contribution in [3.8, 4) is 0 Å². The molecular formula is C20H18FN3O2S. The molecule has 1 aromatic heterocycles. The van der Waals surface area contributed by atoms with Crippen LogP contribution in [-0.2, 0) is 4.79 Å². The highest BCUT2D eigenvalue weighted by molar-refractivity contribution is 7.99. The molecule has 2 N–H and O–H groups in total. The first-order chi connectivity index (χ1) is 13.1. The first kappa shape index (κ1) is 17.7. The smallest absolute Gasteiger partial charge is 0.257 e. The Morgan fingerprint density at radius 3 is 2.96 bits per heavy atom. The number of hydrogen-bond acceptors (Lipinski definition) is 5. The van der Waals surface area contributed by atoms with Gasteiger partial charge in [-0.3, -0.25) is 9.59 Å². The van der Waals surface area contributed by atoms with Crippen LogP contribution in [0, 0.1) is 5.82 Å². The number of thioether (sulfide) groups is 1. The summed E-state index contributed by atoms with van der Waals surface area (Å²) >= 11 is 1.37. The van der Waals surface area contributed by atoms with E-state index in [1.54, 1.807) is 18.2 Å². The maximum atomic E-state index is 13.9. The number of carbonyl (C=O) groups excluding carboxylic acids is 1. The maximum absolute atomic E-state index is 13.9. The van der Waals surface area contributed by atoms with E-state index < -0.39 is 11.7 Å². The van der Waals surface area contributed by atoms with Gasteiger partial charge in [0.15, 0.2) is 10.9 Å². The third-order valence-electron chi connectivity index (χ3n) is 4.76. The van der Waals surface area contributed by atoms with Gasteiger partial charge < -0.3 is 10.3 Å². The highest BCUT2D eigenvalue weighted by Crippen LogP contribution is 2.43. The summed E-state index contributed by atoms with van der Waals surface area (Å²) in [7, 11) is 0. The lowest BCUT2D eigenvalue weighted by molar-refractivity contribution is -0.116. The molecule has 2 aliphatic rings. The Morgan fingerprint density at radius 1 is 1.33 bits per heavy atom. The average Bonchev–Trinajstić information content (AvgIpc) is 2.65. The van der Waals surface area contributed by atoms with Crippen LogP contribution in [0.5, 0.6) is 0 Å². The second-order valence-corrected chi connectivity index (χ2v) is 7.52. The van der Waals surface area contributed by atoms with Crippen molar-refractivity contribution in [3.63, 3.8) is 0 Å². The number of Topliss-reactive ketones (excluding diaryl/α,β-unsaturated/α-hetero) is 1. The fourth-order valence-corrected chi connectivity index (χ4v) is 4.26. The zero-order valence-electron chi connectivity index (χ0n) is 14.5. The average molecular weight is 383 g/mol. The van der Waals surface area contributed by atoms with Gasteiger partial charge in [0, 0.05) is 29.4 Å². The standard InChI is InChI=1S/C20H18FN3O2S/c1-2-9-27-20-23-18-17(19(26)24-20)15(11-5-3-6-12(21)10-11)16-13(22-18)7-4-8-14(16)25/h2-3,5-6,10,15H,1,4,7-9H2,(H2,22,23,24,26). The highest BCUT2D eigenvalue weighted by atomic mass is 32.2. The van der Waals surface area contributed by atoms with Crippen LogP contribution in [0.4, 0.5) is 10.2 Å². The van der Waals surface area contributed by atoms with Gasteiger partial charge in [-0.15, -0.1) is 6.58 Å². The van der Waals surface area contributed by atoms with Crippen LogP contribution < -0.4 is 10.9 Å². The van der Waals surface area contributed by atoms with Gasteiger partial charge in [-0.2, -0.15) is 0 Å². The molecule has 0 spiro atoms. The monoisotopic (exact) mass is 383 g/mol. The molecule has 1 aromatic carbocycles. The number of aromatic nitrogens is 2. The first-order valence-corrected chi connectivity index (χ1v) is 9.73. The molecule has 7 heteroatoms. The number of hydrogen-bond donors (Lipinski definition) is 2. The van der Waals surface area contributed by atoms with Crippen molar-refractivity contribution in [2.24, 2.45) is 0 Å². The molecule has 2 aromatic rings. The van der Waals surface area contributed by atoms with Crippen LogP contribution in [0.15, 0.2) is 58.1 Å². The number of fused-ring (bicyclic) bond motifs is 1. The summed E-state index contributed by atoms with van der Waals surface area (Å²) in [5.41, 5.74) is 1.96. The number of ketones is 1. The van der Waals surface area contributed by atoms with Gasteiger partial charge in [-0.25, -0.2) is 9.37 Å². The Hall–Kier alpha value is -2.67. The molecule has 2 heterocycles. The summed E-state index contributed by atoms with van der Waals surface area (Å²) < 4.78 is 13.9. The van der Waals surface area contributed by atoms with Crippen LogP contribution in [0.25, 0.3) is 0 Å². The Labute approximate surface area is 159 Å². The second-order valence-electron chi connectivity index (χ2n) is 6.52. The molecule has 1 unspecified atom stereocenters. The van der Waals surface area contributed by atoms with Crippen LogP contribution in [0.2, 0.25) is 0 Å². The van der Waals surface area contributed by atoms with Crippen molar-refractivity contribution in [3.05, 3.63) is 75.5 Å². The number of nitrogens with one attached hydrogen (secondary N) is 2. The molecule has 0 saturated carbocycles. The summed E-state index contributed by atoms with van der Waals surface area (Å²) in [6.45, 7) is 3.67. The van der Waals surface area contributed by atoms with E-state index in [0.717, 1.165) is 12.1 Å². The summed E-state index contributed by atoms with van der Waals surface area (Å²) in [4.78, 5) is 32.9. The zero-order chi connectivity index (χ0) is 19.0. The molecule has 0 amide bonds. The number of halogens is 1. The minimum absolute atomic E-state index is 0.00632. The van der Waals surface area contributed by atoms with E-state index in [0.29, 0.717) is 46.3 Å². The predicted octanol–water partition coefficient (Wildman–Crippen LogP) is 3.75. The van der Waals surface area contributed by atoms with E-state index in [-0.39, 0.29) is 11.3 Å².